The lowest BCUT2D eigenvalue weighted by Gasteiger charge is -2.22. The third-order valence-electron chi connectivity index (χ3n) is 2.85. The number of rotatable bonds is 3. The molecule has 88 valence electrons. The summed E-state index contributed by atoms with van der Waals surface area (Å²) in [5, 5.41) is 4.91. The van der Waals surface area contributed by atoms with Gasteiger partial charge in [0.15, 0.2) is 0 Å². The summed E-state index contributed by atoms with van der Waals surface area (Å²) in [5.41, 5.74) is 0. The van der Waals surface area contributed by atoms with E-state index in [1.165, 1.54) is 19.3 Å². The van der Waals surface area contributed by atoms with E-state index in [0.717, 1.165) is 17.7 Å². The Kier molecular flexibility index (Phi) is 4.22. The number of amides is 1. The van der Waals surface area contributed by atoms with Crippen molar-refractivity contribution in [2.24, 2.45) is 0 Å². The highest BCUT2D eigenvalue weighted by molar-refractivity contribution is 7.09. The summed E-state index contributed by atoms with van der Waals surface area (Å²) in [7, 11) is 0. The SMILES string of the molecule is O=C(NC1CCCCC1)OCc1cccs1. The first-order valence-electron chi connectivity index (χ1n) is 5.80. The van der Waals surface area contributed by atoms with Crippen LogP contribution in [0.4, 0.5) is 4.79 Å². The molecule has 4 heteroatoms. The predicted molar refractivity (Wildman–Crippen MR) is 64.5 cm³/mol. The zero-order valence-corrected chi connectivity index (χ0v) is 10.1. The molecule has 1 aromatic rings. The van der Waals surface area contributed by atoms with Crippen molar-refractivity contribution in [3.63, 3.8) is 0 Å². The number of carbonyl (C=O) groups is 1. The largest absolute Gasteiger partial charge is 0.444 e. The summed E-state index contributed by atoms with van der Waals surface area (Å²) in [6.07, 6.45) is 5.64. The van der Waals surface area contributed by atoms with E-state index in [9.17, 15) is 4.79 Å². The Morgan fingerprint density at radius 3 is 2.94 bits per heavy atom. The fourth-order valence-corrected chi connectivity index (χ4v) is 2.60. The van der Waals surface area contributed by atoms with Gasteiger partial charge in [0.25, 0.3) is 0 Å². The second-order valence-corrected chi connectivity index (χ2v) is 5.17. The monoisotopic (exact) mass is 239 g/mol. The van der Waals surface area contributed by atoms with E-state index in [-0.39, 0.29) is 6.09 Å². The number of alkyl carbamates (subject to hydrolysis) is 1. The molecular weight excluding hydrogens is 222 g/mol. The molecule has 0 bridgehead atoms. The average molecular weight is 239 g/mol. The van der Waals surface area contributed by atoms with Crippen LogP contribution < -0.4 is 5.32 Å². The fourth-order valence-electron chi connectivity index (χ4n) is 1.99. The van der Waals surface area contributed by atoms with Gasteiger partial charge in [-0.2, -0.15) is 0 Å². The van der Waals surface area contributed by atoms with Gasteiger partial charge in [-0.05, 0) is 24.3 Å². The molecule has 1 amide bonds. The third-order valence-corrected chi connectivity index (χ3v) is 3.70. The van der Waals surface area contributed by atoms with Gasteiger partial charge in [-0.3, -0.25) is 0 Å². The van der Waals surface area contributed by atoms with Gasteiger partial charge in [0.1, 0.15) is 6.61 Å². The highest BCUT2D eigenvalue weighted by Crippen LogP contribution is 2.17. The molecule has 0 aliphatic heterocycles. The minimum absolute atomic E-state index is 0.277. The van der Waals surface area contributed by atoms with Crippen molar-refractivity contribution in [1.29, 1.82) is 0 Å². The van der Waals surface area contributed by atoms with Crippen LogP contribution >= 0.6 is 11.3 Å². The molecule has 16 heavy (non-hydrogen) atoms. The Bertz CT molecular complexity index is 318. The molecule has 3 nitrogen and oxygen atoms in total. The van der Waals surface area contributed by atoms with Crippen LogP contribution in [0.15, 0.2) is 17.5 Å². The average Bonchev–Trinajstić information content (AvgIpc) is 2.81. The molecule has 0 unspecified atom stereocenters. The first-order chi connectivity index (χ1) is 7.84. The molecule has 2 rings (SSSR count). The standard InChI is InChI=1S/C12H17NO2S/c14-12(13-10-5-2-1-3-6-10)15-9-11-7-4-8-16-11/h4,7-8,10H,1-3,5-6,9H2,(H,13,14). The summed E-state index contributed by atoms with van der Waals surface area (Å²) in [6, 6.07) is 4.26. The first kappa shape index (κ1) is 11.5. The molecular formula is C12H17NO2S. The molecule has 1 aromatic heterocycles. The fraction of sp³-hybridized carbons (Fsp3) is 0.583. The topological polar surface area (TPSA) is 38.3 Å². The Morgan fingerprint density at radius 2 is 2.25 bits per heavy atom. The van der Waals surface area contributed by atoms with Gasteiger partial charge in [0, 0.05) is 10.9 Å². The lowest BCUT2D eigenvalue weighted by atomic mass is 9.96. The Morgan fingerprint density at radius 1 is 1.44 bits per heavy atom. The van der Waals surface area contributed by atoms with Crippen LogP contribution in [0.25, 0.3) is 0 Å². The number of hydrogen-bond acceptors (Lipinski definition) is 3. The second kappa shape index (κ2) is 5.89. The number of hydrogen-bond donors (Lipinski definition) is 1. The van der Waals surface area contributed by atoms with E-state index in [1.807, 2.05) is 17.5 Å². The highest BCUT2D eigenvalue weighted by Gasteiger charge is 2.16. The molecule has 1 fully saturated rings. The molecule has 0 saturated heterocycles. The van der Waals surface area contributed by atoms with Gasteiger partial charge in [-0.25, -0.2) is 4.79 Å². The van der Waals surface area contributed by atoms with Crippen molar-refractivity contribution >= 4 is 17.4 Å². The zero-order valence-electron chi connectivity index (χ0n) is 9.28. The van der Waals surface area contributed by atoms with Crippen molar-refractivity contribution in [1.82, 2.24) is 5.32 Å². The van der Waals surface area contributed by atoms with E-state index < -0.39 is 0 Å². The summed E-state index contributed by atoms with van der Waals surface area (Å²) in [4.78, 5) is 12.6. The normalized spacial score (nSPS) is 17.0. The molecule has 1 heterocycles. The van der Waals surface area contributed by atoms with E-state index in [0.29, 0.717) is 12.6 Å². The Hall–Kier alpha value is -1.03. The van der Waals surface area contributed by atoms with Crippen LogP contribution in [0.2, 0.25) is 0 Å². The van der Waals surface area contributed by atoms with Crippen molar-refractivity contribution in [2.45, 2.75) is 44.8 Å². The first-order valence-corrected chi connectivity index (χ1v) is 6.68. The van der Waals surface area contributed by atoms with Crippen molar-refractivity contribution in [3.05, 3.63) is 22.4 Å². The van der Waals surface area contributed by atoms with Crippen LogP contribution in [0.3, 0.4) is 0 Å². The number of thiophene rings is 1. The van der Waals surface area contributed by atoms with Gasteiger partial charge in [0.2, 0.25) is 0 Å². The van der Waals surface area contributed by atoms with Gasteiger partial charge in [0.05, 0.1) is 0 Å². The van der Waals surface area contributed by atoms with Crippen LogP contribution in [0, 0.1) is 0 Å². The second-order valence-electron chi connectivity index (χ2n) is 4.13. The van der Waals surface area contributed by atoms with E-state index in [1.54, 1.807) is 11.3 Å². The highest BCUT2D eigenvalue weighted by atomic mass is 32.1. The predicted octanol–water partition coefficient (Wildman–Crippen LogP) is 3.31. The molecule has 0 atom stereocenters. The summed E-state index contributed by atoms with van der Waals surface area (Å²) in [6.45, 7) is 0.385. The molecule has 1 aliphatic carbocycles. The van der Waals surface area contributed by atoms with Crippen LogP contribution in [-0.2, 0) is 11.3 Å². The van der Waals surface area contributed by atoms with Crippen molar-refractivity contribution < 1.29 is 9.53 Å². The number of carbonyl (C=O) groups excluding carboxylic acids is 1. The maximum absolute atomic E-state index is 11.5. The van der Waals surface area contributed by atoms with Crippen LogP contribution in [-0.4, -0.2) is 12.1 Å². The minimum Gasteiger partial charge on any atom is -0.444 e. The smallest absolute Gasteiger partial charge is 0.407 e. The van der Waals surface area contributed by atoms with Gasteiger partial charge >= 0.3 is 6.09 Å². The Balaban J connectivity index is 1.67. The van der Waals surface area contributed by atoms with Crippen LogP contribution in [0.5, 0.6) is 0 Å². The molecule has 0 spiro atoms. The summed E-state index contributed by atoms with van der Waals surface area (Å²) >= 11 is 1.61. The van der Waals surface area contributed by atoms with Gasteiger partial charge in [-0.15, -0.1) is 11.3 Å². The molecule has 1 aliphatic rings. The molecule has 0 aromatic carbocycles. The van der Waals surface area contributed by atoms with Gasteiger partial charge < -0.3 is 10.1 Å². The molecule has 1 N–H and O–H groups in total. The van der Waals surface area contributed by atoms with Crippen LogP contribution in [0.1, 0.15) is 37.0 Å². The summed E-state index contributed by atoms with van der Waals surface area (Å²) in [5.74, 6) is 0. The quantitative estimate of drug-likeness (QED) is 0.878. The maximum Gasteiger partial charge on any atom is 0.407 e. The van der Waals surface area contributed by atoms with Crippen molar-refractivity contribution in [3.8, 4) is 0 Å². The lowest BCUT2D eigenvalue weighted by molar-refractivity contribution is 0.134. The summed E-state index contributed by atoms with van der Waals surface area (Å²) < 4.78 is 5.15. The molecule has 1 saturated carbocycles. The zero-order chi connectivity index (χ0) is 11.2. The Labute approximate surface area is 99.8 Å². The minimum atomic E-state index is -0.277. The number of ether oxygens (including phenoxy) is 1. The number of nitrogens with one attached hydrogen (secondary N) is 1. The van der Waals surface area contributed by atoms with E-state index in [2.05, 4.69) is 5.32 Å². The van der Waals surface area contributed by atoms with E-state index >= 15 is 0 Å². The van der Waals surface area contributed by atoms with Crippen molar-refractivity contribution in [2.75, 3.05) is 0 Å². The van der Waals surface area contributed by atoms with E-state index in [4.69, 9.17) is 4.74 Å². The maximum atomic E-state index is 11.5. The lowest BCUT2D eigenvalue weighted by Crippen LogP contribution is -2.36. The van der Waals surface area contributed by atoms with Gasteiger partial charge in [-0.1, -0.05) is 25.3 Å². The molecule has 0 radical (unpaired) electrons. The third kappa shape index (κ3) is 3.52.